The van der Waals surface area contributed by atoms with Gasteiger partial charge in [0.15, 0.2) is 0 Å². The van der Waals surface area contributed by atoms with Crippen molar-refractivity contribution in [3.05, 3.63) is 23.0 Å². The molecule has 0 N–H and O–H groups in total. The summed E-state index contributed by atoms with van der Waals surface area (Å²) in [4.78, 5) is 0. The maximum atomic E-state index is 5.97. The first-order chi connectivity index (χ1) is 7.13. The third kappa shape index (κ3) is 1.63. The van der Waals surface area contributed by atoms with Gasteiger partial charge in [0.1, 0.15) is 5.82 Å². The van der Waals surface area contributed by atoms with Crippen molar-refractivity contribution in [2.24, 2.45) is 7.05 Å². The van der Waals surface area contributed by atoms with E-state index in [-0.39, 0.29) is 0 Å². The number of aromatic nitrogens is 5. The van der Waals surface area contributed by atoms with Gasteiger partial charge in [0, 0.05) is 13.2 Å². The molecule has 0 aromatic carbocycles. The molecule has 0 fully saturated rings. The molecule has 2 rings (SSSR count). The summed E-state index contributed by atoms with van der Waals surface area (Å²) in [5.74, 6) is 0.766. The van der Waals surface area contributed by atoms with Gasteiger partial charge in [0.05, 0.1) is 11.4 Å². The minimum Gasteiger partial charge on any atom is -0.273 e. The molecule has 2 aromatic rings. The van der Waals surface area contributed by atoms with Crippen LogP contribution in [0.25, 0.3) is 5.69 Å². The van der Waals surface area contributed by atoms with E-state index < -0.39 is 0 Å². The third-order valence-corrected chi connectivity index (χ3v) is 2.49. The molecule has 2 heterocycles. The van der Waals surface area contributed by atoms with E-state index in [0.717, 1.165) is 23.6 Å². The van der Waals surface area contributed by atoms with Gasteiger partial charge in [-0.2, -0.15) is 5.10 Å². The molecule has 0 bridgehead atoms. The lowest BCUT2D eigenvalue weighted by Gasteiger charge is -2.03. The number of aryl methyl sites for hydroxylation is 3. The average molecular weight is 226 g/mol. The lowest BCUT2D eigenvalue weighted by Crippen LogP contribution is -1.99. The maximum Gasteiger partial charge on any atom is 0.229 e. The predicted molar refractivity (Wildman–Crippen MR) is 57.3 cm³/mol. The molecule has 80 valence electrons. The highest BCUT2D eigenvalue weighted by atomic mass is 35.5. The Labute approximate surface area is 92.7 Å². The highest BCUT2D eigenvalue weighted by molar-refractivity contribution is 6.28. The molecule has 5 nitrogen and oxygen atoms in total. The van der Waals surface area contributed by atoms with Gasteiger partial charge in [0.25, 0.3) is 0 Å². The van der Waals surface area contributed by atoms with Gasteiger partial charge in [-0.15, -0.1) is 10.2 Å². The van der Waals surface area contributed by atoms with E-state index in [0.29, 0.717) is 5.28 Å². The molecular formula is C9H12ClN5. The summed E-state index contributed by atoms with van der Waals surface area (Å²) in [5, 5.41) is 12.5. The second kappa shape index (κ2) is 3.66. The molecule has 0 spiro atoms. The first kappa shape index (κ1) is 10.2. The van der Waals surface area contributed by atoms with E-state index in [2.05, 4.69) is 22.2 Å². The second-order valence-electron chi connectivity index (χ2n) is 3.34. The van der Waals surface area contributed by atoms with Gasteiger partial charge >= 0.3 is 0 Å². The van der Waals surface area contributed by atoms with Crippen LogP contribution in [-0.4, -0.2) is 24.5 Å². The normalized spacial score (nSPS) is 10.9. The Morgan fingerprint density at radius 1 is 1.40 bits per heavy atom. The van der Waals surface area contributed by atoms with Crippen molar-refractivity contribution in [2.45, 2.75) is 20.3 Å². The smallest absolute Gasteiger partial charge is 0.229 e. The summed E-state index contributed by atoms with van der Waals surface area (Å²) in [6.07, 6.45) is 2.77. The van der Waals surface area contributed by atoms with E-state index in [1.807, 2.05) is 20.2 Å². The zero-order valence-corrected chi connectivity index (χ0v) is 9.65. The van der Waals surface area contributed by atoms with Crippen molar-refractivity contribution in [3.63, 3.8) is 0 Å². The molecular weight excluding hydrogens is 214 g/mol. The van der Waals surface area contributed by atoms with Crippen molar-refractivity contribution < 1.29 is 0 Å². The number of rotatable bonds is 2. The largest absolute Gasteiger partial charge is 0.273 e. The first-order valence-corrected chi connectivity index (χ1v) is 5.11. The molecule has 0 aliphatic heterocycles. The molecule has 0 saturated carbocycles. The van der Waals surface area contributed by atoms with Crippen molar-refractivity contribution in [1.29, 1.82) is 0 Å². The molecule has 2 aromatic heterocycles. The number of halogens is 1. The van der Waals surface area contributed by atoms with Crippen molar-refractivity contribution in [3.8, 4) is 5.69 Å². The van der Waals surface area contributed by atoms with E-state index in [9.17, 15) is 0 Å². The van der Waals surface area contributed by atoms with E-state index in [1.165, 1.54) is 0 Å². The number of nitrogens with zero attached hydrogens (tertiary/aromatic N) is 5. The summed E-state index contributed by atoms with van der Waals surface area (Å²) in [7, 11) is 1.89. The molecule has 0 radical (unpaired) electrons. The van der Waals surface area contributed by atoms with E-state index in [1.54, 1.807) is 9.25 Å². The summed E-state index contributed by atoms with van der Waals surface area (Å²) in [5.41, 5.74) is 1.94. The maximum absolute atomic E-state index is 5.97. The van der Waals surface area contributed by atoms with Crippen LogP contribution < -0.4 is 0 Å². The Bertz CT molecular complexity index is 465. The summed E-state index contributed by atoms with van der Waals surface area (Å²) < 4.78 is 3.57. The Morgan fingerprint density at radius 3 is 2.67 bits per heavy atom. The van der Waals surface area contributed by atoms with Gasteiger partial charge in [-0.1, -0.05) is 6.92 Å². The van der Waals surface area contributed by atoms with Gasteiger partial charge in [-0.05, 0) is 24.9 Å². The highest BCUT2D eigenvalue weighted by Crippen LogP contribution is 2.19. The monoisotopic (exact) mass is 225 g/mol. The molecule has 0 saturated heterocycles. The number of hydrogen-bond acceptors (Lipinski definition) is 3. The number of hydrogen-bond donors (Lipinski definition) is 0. The highest BCUT2D eigenvalue weighted by Gasteiger charge is 2.14. The van der Waals surface area contributed by atoms with Gasteiger partial charge in [-0.25, -0.2) is 0 Å². The van der Waals surface area contributed by atoms with Gasteiger partial charge < -0.3 is 0 Å². The molecule has 0 aliphatic rings. The van der Waals surface area contributed by atoms with Crippen LogP contribution in [0.4, 0.5) is 0 Å². The van der Waals surface area contributed by atoms with Crippen LogP contribution in [-0.2, 0) is 13.5 Å². The van der Waals surface area contributed by atoms with Crippen molar-refractivity contribution in [1.82, 2.24) is 24.5 Å². The Hall–Kier alpha value is -1.36. The van der Waals surface area contributed by atoms with Gasteiger partial charge in [-0.3, -0.25) is 9.25 Å². The van der Waals surface area contributed by atoms with Crippen LogP contribution in [0.2, 0.25) is 5.28 Å². The zero-order valence-electron chi connectivity index (χ0n) is 8.90. The summed E-state index contributed by atoms with van der Waals surface area (Å²) >= 11 is 5.97. The summed E-state index contributed by atoms with van der Waals surface area (Å²) in [6, 6.07) is 0. The van der Waals surface area contributed by atoms with Crippen LogP contribution in [0.15, 0.2) is 6.20 Å². The quantitative estimate of drug-likeness (QED) is 0.779. The second-order valence-corrected chi connectivity index (χ2v) is 3.68. The third-order valence-electron chi connectivity index (χ3n) is 2.24. The first-order valence-electron chi connectivity index (χ1n) is 4.74. The standard InChI is InChI=1S/C9H12ClN5/c1-4-7-8(5-14(3)13-7)15-6(2)11-12-9(15)10/h5H,4H2,1-3H3. The van der Waals surface area contributed by atoms with Crippen LogP contribution in [0, 0.1) is 6.92 Å². The molecule has 0 atom stereocenters. The topological polar surface area (TPSA) is 48.5 Å². The van der Waals surface area contributed by atoms with Crippen molar-refractivity contribution >= 4 is 11.6 Å². The Balaban J connectivity index is 2.62. The van der Waals surface area contributed by atoms with E-state index >= 15 is 0 Å². The fraction of sp³-hybridized carbons (Fsp3) is 0.444. The SMILES string of the molecule is CCc1nn(C)cc1-n1c(C)nnc1Cl. The zero-order chi connectivity index (χ0) is 11.0. The molecule has 15 heavy (non-hydrogen) atoms. The van der Waals surface area contributed by atoms with E-state index in [4.69, 9.17) is 11.6 Å². The molecule has 0 aliphatic carbocycles. The fourth-order valence-corrected chi connectivity index (χ4v) is 1.82. The van der Waals surface area contributed by atoms with Crippen molar-refractivity contribution in [2.75, 3.05) is 0 Å². The minimum absolute atomic E-state index is 0.371. The molecule has 6 heteroatoms. The van der Waals surface area contributed by atoms with Crippen LogP contribution in [0.1, 0.15) is 18.4 Å². The fourth-order valence-electron chi connectivity index (χ4n) is 1.57. The lowest BCUT2D eigenvalue weighted by atomic mass is 10.3. The minimum atomic E-state index is 0.371. The van der Waals surface area contributed by atoms with Crippen LogP contribution >= 0.6 is 11.6 Å². The predicted octanol–water partition coefficient (Wildman–Crippen LogP) is 1.53. The van der Waals surface area contributed by atoms with Crippen LogP contribution in [0.5, 0.6) is 0 Å². The average Bonchev–Trinajstić information content (AvgIpc) is 2.70. The summed E-state index contributed by atoms with van der Waals surface area (Å²) in [6.45, 7) is 3.92. The van der Waals surface area contributed by atoms with Crippen LogP contribution in [0.3, 0.4) is 0 Å². The lowest BCUT2D eigenvalue weighted by molar-refractivity contribution is 0.746. The molecule has 0 unspecified atom stereocenters. The Morgan fingerprint density at radius 2 is 2.13 bits per heavy atom. The molecule has 0 amide bonds. The Kier molecular flexibility index (Phi) is 2.48. The van der Waals surface area contributed by atoms with Gasteiger partial charge in [0.2, 0.25) is 5.28 Å².